The molecule has 1 fully saturated rings. The number of nitrogens with two attached hydrogens (primary N) is 1. The van der Waals surface area contributed by atoms with Gasteiger partial charge in [-0.15, -0.1) is 12.4 Å². The maximum Gasteiger partial charge on any atom is 0.254 e. The van der Waals surface area contributed by atoms with Crippen molar-refractivity contribution in [3.05, 3.63) is 29.8 Å². The van der Waals surface area contributed by atoms with Gasteiger partial charge in [0, 0.05) is 30.4 Å². The summed E-state index contributed by atoms with van der Waals surface area (Å²) in [6, 6.07) is 7.69. The molecule has 0 heterocycles. The van der Waals surface area contributed by atoms with Crippen molar-refractivity contribution < 1.29 is 4.79 Å². The first-order valence-corrected chi connectivity index (χ1v) is 7.39. The highest BCUT2D eigenvalue weighted by molar-refractivity contribution is 5.95. The molecule has 2 rings (SSSR count). The third kappa shape index (κ3) is 4.90. The molecule has 0 aliphatic heterocycles. The quantitative estimate of drug-likeness (QED) is 0.851. The molecular weight excluding hydrogens is 286 g/mol. The summed E-state index contributed by atoms with van der Waals surface area (Å²) in [4.78, 5) is 16.9. The van der Waals surface area contributed by atoms with Gasteiger partial charge >= 0.3 is 0 Å². The van der Waals surface area contributed by atoms with E-state index in [2.05, 4.69) is 4.90 Å². The van der Waals surface area contributed by atoms with E-state index in [4.69, 9.17) is 5.73 Å². The molecule has 2 N–H and O–H groups in total. The first kappa shape index (κ1) is 17.8. The minimum atomic E-state index is 0. The normalized spacial score (nSPS) is 15.0. The van der Waals surface area contributed by atoms with Crippen LogP contribution in [-0.4, -0.2) is 48.9 Å². The van der Waals surface area contributed by atoms with E-state index in [1.165, 1.54) is 12.8 Å². The molecule has 21 heavy (non-hydrogen) atoms. The standard InChI is InChI=1S/C16H25N3O.ClH/c1-18(2)10-11-19(15-8-3-4-9-15)16(20)13-6-5-7-14(17)12-13;/h5-7,12,15H,3-4,8-11,17H2,1-2H3;1H. The van der Waals surface area contributed by atoms with Crippen molar-refractivity contribution in [3.63, 3.8) is 0 Å². The zero-order valence-electron chi connectivity index (χ0n) is 12.9. The number of nitrogens with zero attached hydrogens (tertiary/aromatic N) is 2. The summed E-state index contributed by atoms with van der Waals surface area (Å²) in [5, 5.41) is 0. The molecule has 1 aliphatic rings. The lowest BCUT2D eigenvalue weighted by atomic mass is 10.1. The molecule has 0 spiro atoms. The van der Waals surface area contributed by atoms with Gasteiger partial charge in [-0.05, 0) is 45.1 Å². The Hall–Kier alpha value is -1.26. The van der Waals surface area contributed by atoms with E-state index < -0.39 is 0 Å². The Bertz CT molecular complexity index is 459. The highest BCUT2D eigenvalue weighted by Crippen LogP contribution is 2.25. The molecule has 0 aromatic heterocycles. The summed E-state index contributed by atoms with van der Waals surface area (Å²) in [6.07, 6.45) is 4.71. The number of halogens is 1. The number of hydrogen-bond donors (Lipinski definition) is 1. The second kappa shape index (κ2) is 8.25. The van der Waals surface area contributed by atoms with Crippen LogP contribution in [0.4, 0.5) is 5.69 Å². The van der Waals surface area contributed by atoms with Crippen molar-refractivity contribution >= 4 is 24.0 Å². The van der Waals surface area contributed by atoms with Crippen LogP contribution in [0, 0.1) is 0 Å². The Labute approximate surface area is 133 Å². The number of hydrogen-bond acceptors (Lipinski definition) is 3. The fourth-order valence-corrected chi connectivity index (χ4v) is 2.81. The zero-order valence-corrected chi connectivity index (χ0v) is 13.7. The van der Waals surface area contributed by atoms with Crippen molar-refractivity contribution in [2.75, 3.05) is 32.9 Å². The predicted molar refractivity (Wildman–Crippen MR) is 89.9 cm³/mol. The minimum absolute atomic E-state index is 0. The molecule has 0 saturated heterocycles. The largest absolute Gasteiger partial charge is 0.399 e. The topological polar surface area (TPSA) is 49.6 Å². The maximum absolute atomic E-state index is 12.7. The molecule has 4 nitrogen and oxygen atoms in total. The number of rotatable bonds is 5. The summed E-state index contributed by atoms with van der Waals surface area (Å²) in [7, 11) is 4.08. The highest BCUT2D eigenvalue weighted by Gasteiger charge is 2.27. The lowest BCUT2D eigenvalue weighted by molar-refractivity contribution is 0.0667. The van der Waals surface area contributed by atoms with E-state index in [0.29, 0.717) is 17.3 Å². The van der Waals surface area contributed by atoms with E-state index in [9.17, 15) is 4.79 Å². The van der Waals surface area contributed by atoms with Gasteiger partial charge in [0.05, 0.1) is 0 Å². The van der Waals surface area contributed by atoms with Gasteiger partial charge in [0.25, 0.3) is 5.91 Å². The second-order valence-electron chi connectivity index (χ2n) is 5.87. The fraction of sp³-hybridized carbons (Fsp3) is 0.562. The van der Waals surface area contributed by atoms with Gasteiger partial charge in [-0.3, -0.25) is 4.79 Å². The van der Waals surface area contributed by atoms with Crippen molar-refractivity contribution in [2.45, 2.75) is 31.7 Å². The number of nitrogen functional groups attached to an aromatic ring is 1. The van der Waals surface area contributed by atoms with Crippen molar-refractivity contribution in [3.8, 4) is 0 Å². The van der Waals surface area contributed by atoms with Crippen LogP contribution in [0.15, 0.2) is 24.3 Å². The Kier molecular flexibility index (Phi) is 6.99. The average molecular weight is 312 g/mol. The van der Waals surface area contributed by atoms with Gasteiger partial charge in [0.1, 0.15) is 0 Å². The second-order valence-corrected chi connectivity index (χ2v) is 5.87. The van der Waals surface area contributed by atoms with Crippen molar-refractivity contribution in [2.24, 2.45) is 0 Å². The number of benzene rings is 1. The third-order valence-corrected chi connectivity index (χ3v) is 3.95. The van der Waals surface area contributed by atoms with Gasteiger partial charge in [0.2, 0.25) is 0 Å². The summed E-state index contributed by atoms with van der Waals surface area (Å²) in [6.45, 7) is 1.68. The Morgan fingerprint density at radius 2 is 1.90 bits per heavy atom. The van der Waals surface area contributed by atoms with Crippen LogP contribution in [0.3, 0.4) is 0 Å². The maximum atomic E-state index is 12.7. The first-order valence-electron chi connectivity index (χ1n) is 7.39. The van der Waals surface area contributed by atoms with Gasteiger partial charge in [-0.25, -0.2) is 0 Å². The minimum Gasteiger partial charge on any atom is -0.399 e. The number of likely N-dealkylation sites (N-methyl/N-ethyl adjacent to an activating group) is 1. The zero-order chi connectivity index (χ0) is 14.5. The van der Waals surface area contributed by atoms with Crippen LogP contribution in [-0.2, 0) is 0 Å². The van der Waals surface area contributed by atoms with Gasteiger partial charge < -0.3 is 15.5 Å². The monoisotopic (exact) mass is 311 g/mol. The highest BCUT2D eigenvalue weighted by atomic mass is 35.5. The van der Waals surface area contributed by atoms with E-state index >= 15 is 0 Å². The van der Waals surface area contributed by atoms with E-state index in [-0.39, 0.29) is 18.3 Å². The fourth-order valence-electron chi connectivity index (χ4n) is 2.81. The molecular formula is C16H26ClN3O. The number of anilines is 1. The van der Waals surface area contributed by atoms with Crippen LogP contribution < -0.4 is 5.73 Å². The molecule has 1 aliphatic carbocycles. The molecule has 0 radical (unpaired) electrons. The summed E-state index contributed by atoms with van der Waals surface area (Å²) in [5.41, 5.74) is 7.15. The van der Waals surface area contributed by atoms with Crippen molar-refractivity contribution in [1.82, 2.24) is 9.80 Å². The summed E-state index contributed by atoms with van der Waals surface area (Å²) >= 11 is 0. The van der Waals surface area contributed by atoms with Crippen LogP contribution in [0.25, 0.3) is 0 Å². The third-order valence-electron chi connectivity index (χ3n) is 3.95. The molecule has 0 atom stereocenters. The number of carbonyl (C=O) groups excluding carboxylic acids is 1. The summed E-state index contributed by atoms with van der Waals surface area (Å²) < 4.78 is 0. The molecule has 0 bridgehead atoms. The first-order chi connectivity index (χ1) is 9.58. The van der Waals surface area contributed by atoms with Crippen LogP contribution >= 0.6 is 12.4 Å². The Morgan fingerprint density at radius 1 is 1.24 bits per heavy atom. The van der Waals surface area contributed by atoms with Crippen molar-refractivity contribution in [1.29, 1.82) is 0 Å². The predicted octanol–water partition coefficient (Wildman–Crippen LogP) is 2.64. The molecule has 1 saturated carbocycles. The molecule has 1 aromatic carbocycles. The van der Waals surface area contributed by atoms with Gasteiger partial charge in [-0.1, -0.05) is 18.9 Å². The smallest absolute Gasteiger partial charge is 0.254 e. The molecule has 1 amide bonds. The van der Waals surface area contributed by atoms with E-state index in [1.54, 1.807) is 6.07 Å². The average Bonchev–Trinajstić information content (AvgIpc) is 2.92. The van der Waals surface area contributed by atoms with Crippen LogP contribution in [0.2, 0.25) is 0 Å². The molecule has 1 aromatic rings. The summed E-state index contributed by atoms with van der Waals surface area (Å²) in [5.74, 6) is 0.117. The number of amides is 1. The lowest BCUT2D eigenvalue weighted by Crippen LogP contribution is -2.42. The van der Waals surface area contributed by atoms with Crippen LogP contribution in [0.1, 0.15) is 36.0 Å². The van der Waals surface area contributed by atoms with Gasteiger partial charge in [-0.2, -0.15) is 0 Å². The Balaban J connectivity index is 0.00000220. The van der Waals surface area contributed by atoms with Crippen LogP contribution in [0.5, 0.6) is 0 Å². The lowest BCUT2D eigenvalue weighted by Gasteiger charge is -2.30. The molecule has 118 valence electrons. The SMILES string of the molecule is CN(C)CCN(C(=O)c1cccc(N)c1)C1CCCC1.Cl. The Morgan fingerprint density at radius 3 is 2.48 bits per heavy atom. The molecule has 5 heteroatoms. The van der Waals surface area contributed by atoms with E-state index in [0.717, 1.165) is 25.9 Å². The molecule has 0 unspecified atom stereocenters. The number of carbonyl (C=O) groups is 1. The van der Waals surface area contributed by atoms with E-state index in [1.807, 2.05) is 37.2 Å². The van der Waals surface area contributed by atoms with Gasteiger partial charge in [0.15, 0.2) is 0 Å².